The van der Waals surface area contributed by atoms with Crippen LogP contribution in [0.25, 0.3) is 21.8 Å². The fourth-order valence-electron chi connectivity index (χ4n) is 3.78. The van der Waals surface area contributed by atoms with E-state index in [0.717, 1.165) is 22.2 Å². The average molecular weight is 388 g/mol. The highest BCUT2D eigenvalue weighted by atomic mass is 16.5. The molecule has 4 rings (SSSR count). The molecule has 6 heteroatoms. The molecule has 0 spiro atoms. The van der Waals surface area contributed by atoms with Crippen LogP contribution in [0.5, 0.6) is 5.75 Å². The number of hydrogen-bond donors (Lipinski definition) is 2. The van der Waals surface area contributed by atoms with Gasteiger partial charge in [-0.15, -0.1) is 0 Å². The number of aryl methyl sites for hydroxylation is 1. The number of fused-ring (bicyclic) bond motifs is 3. The fourth-order valence-corrected chi connectivity index (χ4v) is 3.78. The van der Waals surface area contributed by atoms with Gasteiger partial charge < -0.3 is 20.1 Å². The lowest BCUT2D eigenvalue weighted by atomic mass is 10.1. The van der Waals surface area contributed by atoms with Crippen LogP contribution in [0.15, 0.2) is 60.7 Å². The molecule has 146 valence electrons. The predicted octanol–water partition coefficient (Wildman–Crippen LogP) is 3.71. The molecule has 6 nitrogen and oxygen atoms in total. The number of nitrogens with two attached hydrogens (primary N) is 1. The molecular formula is C23H20N2O4. The molecule has 3 N–H and O–H groups in total. The van der Waals surface area contributed by atoms with E-state index >= 15 is 0 Å². The number of benzene rings is 3. The Morgan fingerprint density at radius 3 is 2.38 bits per heavy atom. The molecule has 0 unspecified atom stereocenters. The number of aromatic nitrogens is 1. The second-order valence-corrected chi connectivity index (χ2v) is 6.97. The van der Waals surface area contributed by atoms with Gasteiger partial charge >= 0.3 is 5.97 Å². The molecule has 4 aromatic rings. The molecule has 0 saturated heterocycles. The topological polar surface area (TPSA) is 94.6 Å². The number of nitrogens with zero attached hydrogens (tertiary/aromatic N) is 1. The van der Waals surface area contributed by atoms with E-state index in [4.69, 9.17) is 15.6 Å². The zero-order valence-electron chi connectivity index (χ0n) is 15.9. The van der Waals surface area contributed by atoms with Gasteiger partial charge in [-0.3, -0.25) is 4.79 Å². The minimum atomic E-state index is -1.07. The lowest BCUT2D eigenvalue weighted by Crippen LogP contribution is -2.11. The second-order valence-electron chi connectivity index (χ2n) is 6.97. The van der Waals surface area contributed by atoms with Crippen molar-refractivity contribution < 1.29 is 19.4 Å². The van der Waals surface area contributed by atoms with E-state index in [-0.39, 0.29) is 0 Å². The highest BCUT2D eigenvalue weighted by molar-refractivity contribution is 6.19. The molecule has 1 heterocycles. The number of ether oxygens (including phenoxy) is 1. The van der Waals surface area contributed by atoms with Crippen LogP contribution in [0, 0.1) is 6.92 Å². The van der Waals surface area contributed by atoms with Crippen molar-refractivity contribution >= 4 is 33.7 Å². The quantitative estimate of drug-likeness (QED) is 0.526. The van der Waals surface area contributed by atoms with Crippen LogP contribution in [0.4, 0.5) is 0 Å². The highest BCUT2D eigenvalue weighted by Gasteiger charge is 2.20. The molecule has 0 fully saturated rings. The molecule has 0 aliphatic rings. The molecule has 0 bridgehead atoms. The van der Waals surface area contributed by atoms with Crippen LogP contribution in [0.2, 0.25) is 0 Å². The number of carboxylic acid groups (broad SMARTS) is 1. The van der Waals surface area contributed by atoms with Crippen LogP contribution < -0.4 is 10.5 Å². The summed E-state index contributed by atoms with van der Waals surface area (Å²) in [5.41, 5.74) is 9.98. The normalized spacial score (nSPS) is 11.1. The maximum absolute atomic E-state index is 12.1. The standard InChI is InChI=1S/C23H20N2O4/c1-14-5-2-6-15(11-14)12-25-17-8-3-7-16(23(24)28)21(17)22-18(25)9-4-10-19(22)29-13-20(26)27/h2-11H,12-13H2,1H3,(H2,24,28)(H,26,27). The van der Waals surface area contributed by atoms with Gasteiger partial charge in [0.05, 0.1) is 16.4 Å². The van der Waals surface area contributed by atoms with Crippen molar-refractivity contribution in [3.63, 3.8) is 0 Å². The molecule has 0 aliphatic heterocycles. The van der Waals surface area contributed by atoms with Crippen LogP contribution in [0.1, 0.15) is 21.5 Å². The Hall–Kier alpha value is -3.80. The SMILES string of the molecule is Cc1cccc(Cn2c3cccc(OCC(=O)O)c3c3c(C(N)=O)cccc32)c1. The molecule has 0 aliphatic carbocycles. The van der Waals surface area contributed by atoms with Gasteiger partial charge in [-0.05, 0) is 36.8 Å². The van der Waals surface area contributed by atoms with E-state index in [0.29, 0.717) is 28.6 Å². The Morgan fingerprint density at radius 2 is 1.69 bits per heavy atom. The molecule has 0 atom stereocenters. The average Bonchev–Trinajstić information content (AvgIpc) is 3.01. The van der Waals surface area contributed by atoms with E-state index in [1.807, 2.05) is 43.3 Å². The first-order valence-corrected chi connectivity index (χ1v) is 9.19. The molecule has 1 amide bonds. The van der Waals surface area contributed by atoms with Crippen LogP contribution in [-0.4, -0.2) is 28.2 Å². The summed E-state index contributed by atoms with van der Waals surface area (Å²) in [4.78, 5) is 23.1. The van der Waals surface area contributed by atoms with E-state index in [9.17, 15) is 9.59 Å². The fraction of sp³-hybridized carbons (Fsp3) is 0.130. The third-order valence-electron chi connectivity index (χ3n) is 4.92. The Morgan fingerprint density at radius 1 is 1.00 bits per heavy atom. The summed E-state index contributed by atoms with van der Waals surface area (Å²) >= 11 is 0. The van der Waals surface area contributed by atoms with E-state index in [2.05, 4.69) is 10.6 Å². The molecule has 0 saturated carbocycles. The summed E-state index contributed by atoms with van der Waals surface area (Å²) in [5, 5.41) is 10.4. The van der Waals surface area contributed by atoms with Crippen molar-refractivity contribution in [2.24, 2.45) is 5.73 Å². The van der Waals surface area contributed by atoms with Gasteiger partial charge in [0.2, 0.25) is 5.91 Å². The minimum absolute atomic E-state index is 0.377. The molecule has 29 heavy (non-hydrogen) atoms. The van der Waals surface area contributed by atoms with Gasteiger partial charge in [0.1, 0.15) is 5.75 Å². The summed E-state index contributed by atoms with van der Waals surface area (Å²) in [7, 11) is 0. The first-order valence-electron chi connectivity index (χ1n) is 9.19. The van der Waals surface area contributed by atoms with E-state index in [1.165, 1.54) is 0 Å². The summed E-state index contributed by atoms with van der Waals surface area (Å²) < 4.78 is 7.64. The second kappa shape index (κ2) is 7.31. The van der Waals surface area contributed by atoms with Crippen molar-refractivity contribution in [3.8, 4) is 5.75 Å². The number of aliphatic carboxylic acids is 1. The van der Waals surface area contributed by atoms with Gasteiger partial charge in [0.15, 0.2) is 6.61 Å². The number of carbonyl (C=O) groups is 2. The van der Waals surface area contributed by atoms with Gasteiger partial charge in [0, 0.05) is 17.5 Å². The number of carboxylic acids is 1. The number of primary amides is 1. The zero-order chi connectivity index (χ0) is 20.5. The summed E-state index contributed by atoms with van der Waals surface area (Å²) in [6.07, 6.45) is 0. The van der Waals surface area contributed by atoms with E-state index < -0.39 is 18.5 Å². The van der Waals surface area contributed by atoms with Crippen molar-refractivity contribution in [2.75, 3.05) is 6.61 Å². The number of hydrogen-bond acceptors (Lipinski definition) is 3. The molecular weight excluding hydrogens is 368 g/mol. The minimum Gasteiger partial charge on any atom is -0.481 e. The monoisotopic (exact) mass is 388 g/mol. The number of rotatable bonds is 6. The molecule has 0 radical (unpaired) electrons. The van der Waals surface area contributed by atoms with Crippen LogP contribution in [0.3, 0.4) is 0 Å². The van der Waals surface area contributed by atoms with Gasteiger partial charge in [-0.2, -0.15) is 0 Å². The largest absolute Gasteiger partial charge is 0.481 e. The van der Waals surface area contributed by atoms with Gasteiger partial charge in [-0.25, -0.2) is 4.79 Å². The van der Waals surface area contributed by atoms with Gasteiger partial charge in [-0.1, -0.05) is 42.0 Å². The van der Waals surface area contributed by atoms with Crippen molar-refractivity contribution in [3.05, 3.63) is 77.4 Å². The Labute approximate surface area is 167 Å². The van der Waals surface area contributed by atoms with Gasteiger partial charge in [0.25, 0.3) is 0 Å². The third-order valence-corrected chi connectivity index (χ3v) is 4.92. The van der Waals surface area contributed by atoms with E-state index in [1.54, 1.807) is 18.2 Å². The maximum Gasteiger partial charge on any atom is 0.341 e. The van der Waals surface area contributed by atoms with Crippen LogP contribution >= 0.6 is 0 Å². The Kier molecular flexibility index (Phi) is 4.68. The maximum atomic E-state index is 12.1. The molecule has 1 aromatic heterocycles. The lowest BCUT2D eigenvalue weighted by molar-refractivity contribution is -0.139. The van der Waals surface area contributed by atoms with Crippen molar-refractivity contribution in [1.82, 2.24) is 4.57 Å². The zero-order valence-corrected chi connectivity index (χ0v) is 15.9. The first kappa shape index (κ1) is 18.6. The summed E-state index contributed by atoms with van der Waals surface area (Å²) in [5.74, 6) is -1.20. The number of amides is 1. The lowest BCUT2D eigenvalue weighted by Gasteiger charge is -2.09. The Bertz CT molecular complexity index is 1260. The predicted molar refractivity (Wildman–Crippen MR) is 111 cm³/mol. The smallest absolute Gasteiger partial charge is 0.341 e. The van der Waals surface area contributed by atoms with Crippen LogP contribution in [-0.2, 0) is 11.3 Å². The first-order chi connectivity index (χ1) is 14.0. The Balaban J connectivity index is 2.02. The van der Waals surface area contributed by atoms with Crippen molar-refractivity contribution in [2.45, 2.75) is 13.5 Å². The number of carbonyl (C=O) groups excluding carboxylic acids is 1. The summed E-state index contributed by atoms with van der Waals surface area (Å²) in [6, 6.07) is 19.1. The molecule has 3 aromatic carbocycles. The highest BCUT2D eigenvalue weighted by Crippen LogP contribution is 2.38. The third kappa shape index (κ3) is 3.40. The summed E-state index contributed by atoms with van der Waals surface area (Å²) in [6.45, 7) is 2.16. The van der Waals surface area contributed by atoms with Crippen molar-refractivity contribution in [1.29, 1.82) is 0 Å².